The first-order chi connectivity index (χ1) is 9.81. The lowest BCUT2D eigenvalue weighted by Crippen LogP contribution is -1.94. The van der Waals surface area contributed by atoms with Crippen LogP contribution >= 0.6 is 27.3 Å². The van der Waals surface area contributed by atoms with Gasteiger partial charge in [-0.2, -0.15) is 0 Å². The van der Waals surface area contributed by atoms with Gasteiger partial charge in [-0.25, -0.2) is 4.98 Å². The summed E-state index contributed by atoms with van der Waals surface area (Å²) in [5, 5.41) is 3.04. The smallest absolute Gasteiger partial charge is 0.140 e. The minimum absolute atomic E-state index is 0.505. The van der Waals surface area contributed by atoms with E-state index in [4.69, 9.17) is 4.74 Å². The molecular formula is C16H12BrNOS. The molecule has 0 aliphatic carbocycles. The van der Waals surface area contributed by atoms with E-state index in [0.29, 0.717) is 6.61 Å². The van der Waals surface area contributed by atoms with Crippen molar-refractivity contribution in [2.45, 2.75) is 6.61 Å². The Hall–Kier alpha value is -1.65. The fourth-order valence-corrected chi connectivity index (χ4v) is 2.77. The number of para-hydroxylation sites is 1. The van der Waals surface area contributed by atoms with E-state index in [-0.39, 0.29) is 0 Å². The van der Waals surface area contributed by atoms with E-state index in [1.54, 1.807) is 11.3 Å². The SMILES string of the molecule is Brc1ccc(-c2csc(COc3ccccc3)n2)cc1. The summed E-state index contributed by atoms with van der Waals surface area (Å²) in [6, 6.07) is 18.0. The molecule has 0 radical (unpaired) electrons. The van der Waals surface area contributed by atoms with Crippen LogP contribution in [0.25, 0.3) is 11.3 Å². The van der Waals surface area contributed by atoms with Gasteiger partial charge in [0.15, 0.2) is 0 Å². The summed E-state index contributed by atoms with van der Waals surface area (Å²) >= 11 is 5.06. The lowest BCUT2D eigenvalue weighted by molar-refractivity contribution is 0.305. The number of ether oxygens (including phenoxy) is 1. The first-order valence-electron chi connectivity index (χ1n) is 6.19. The maximum absolute atomic E-state index is 5.70. The van der Waals surface area contributed by atoms with Gasteiger partial charge in [0.25, 0.3) is 0 Å². The van der Waals surface area contributed by atoms with Crippen molar-refractivity contribution in [2.24, 2.45) is 0 Å². The van der Waals surface area contributed by atoms with Crippen molar-refractivity contribution in [2.75, 3.05) is 0 Å². The molecule has 0 N–H and O–H groups in total. The molecule has 3 rings (SSSR count). The van der Waals surface area contributed by atoms with Crippen LogP contribution in [0.5, 0.6) is 5.75 Å². The molecule has 0 fully saturated rings. The molecule has 0 bridgehead atoms. The zero-order valence-corrected chi connectivity index (χ0v) is 13.0. The van der Waals surface area contributed by atoms with E-state index < -0.39 is 0 Å². The molecule has 0 saturated heterocycles. The van der Waals surface area contributed by atoms with Gasteiger partial charge < -0.3 is 4.74 Å². The molecule has 2 nitrogen and oxygen atoms in total. The average molecular weight is 346 g/mol. The second-order valence-corrected chi connectivity index (χ2v) is 6.09. The van der Waals surface area contributed by atoms with Crippen LogP contribution in [0.15, 0.2) is 64.5 Å². The fraction of sp³-hybridized carbons (Fsp3) is 0.0625. The van der Waals surface area contributed by atoms with Crippen LogP contribution in [0.3, 0.4) is 0 Å². The molecule has 100 valence electrons. The third-order valence-corrected chi connectivity index (χ3v) is 4.15. The van der Waals surface area contributed by atoms with Crippen molar-refractivity contribution in [3.05, 3.63) is 69.5 Å². The quantitative estimate of drug-likeness (QED) is 0.652. The summed E-state index contributed by atoms with van der Waals surface area (Å²) in [7, 11) is 0. The number of hydrogen-bond acceptors (Lipinski definition) is 3. The second kappa shape index (κ2) is 6.20. The molecule has 1 heterocycles. The molecule has 0 aliphatic rings. The second-order valence-electron chi connectivity index (χ2n) is 4.24. The maximum Gasteiger partial charge on any atom is 0.140 e. The summed E-state index contributed by atoms with van der Waals surface area (Å²) < 4.78 is 6.77. The number of thiazole rings is 1. The van der Waals surface area contributed by atoms with Gasteiger partial charge in [0.1, 0.15) is 17.4 Å². The van der Waals surface area contributed by atoms with Crippen LogP contribution in [0, 0.1) is 0 Å². The fourth-order valence-electron chi connectivity index (χ4n) is 1.79. The molecule has 0 spiro atoms. The van der Waals surface area contributed by atoms with Gasteiger partial charge in [-0.05, 0) is 24.3 Å². The lowest BCUT2D eigenvalue weighted by atomic mass is 10.2. The minimum Gasteiger partial charge on any atom is -0.486 e. The number of benzene rings is 2. The summed E-state index contributed by atoms with van der Waals surface area (Å²) in [4.78, 5) is 4.60. The van der Waals surface area contributed by atoms with Crippen LogP contribution in [0.4, 0.5) is 0 Å². The largest absolute Gasteiger partial charge is 0.486 e. The number of aromatic nitrogens is 1. The zero-order valence-electron chi connectivity index (χ0n) is 10.6. The Morgan fingerprint density at radius 2 is 1.75 bits per heavy atom. The Morgan fingerprint density at radius 1 is 1.00 bits per heavy atom. The van der Waals surface area contributed by atoms with E-state index in [9.17, 15) is 0 Å². The van der Waals surface area contributed by atoms with Gasteiger partial charge in [-0.3, -0.25) is 0 Å². The van der Waals surface area contributed by atoms with Gasteiger partial charge in [0.2, 0.25) is 0 Å². The summed E-state index contributed by atoms with van der Waals surface area (Å²) in [5.41, 5.74) is 2.12. The highest BCUT2D eigenvalue weighted by Crippen LogP contribution is 2.24. The summed E-state index contributed by atoms with van der Waals surface area (Å²) in [6.07, 6.45) is 0. The Labute approximate surface area is 130 Å². The topological polar surface area (TPSA) is 22.1 Å². The monoisotopic (exact) mass is 345 g/mol. The van der Waals surface area contributed by atoms with Crippen LogP contribution in [-0.4, -0.2) is 4.98 Å². The molecule has 0 unspecified atom stereocenters. The summed E-state index contributed by atoms with van der Waals surface area (Å²) in [6.45, 7) is 0.505. The van der Waals surface area contributed by atoms with E-state index in [1.165, 1.54) is 0 Å². The Morgan fingerprint density at radius 3 is 2.50 bits per heavy atom. The average Bonchev–Trinajstić information content (AvgIpc) is 2.96. The Kier molecular flexibility index (Phi) is 4.14. The number of nitrogens with zero attached hydrogens (tertiary/aromatic N) is 1. The molecular weight excluding hydrogens is 334 g/mol. The molecule has 20 heavy (non-hydrogen) atoms. The van der Waals surface area contributed by atoms with Crippen LogP contribution in [-0.2, 0) is 6.61 Å². The van der Waals surface area contributed by atoms with Crippen LogP contribution < -0.4 is 4.74 Å². The Bertz CT molecular complexity index is 679. The molecule has 0 amide bonds. The Balaban J connectivity index is 1.69. The first-order valence-corrected chi connectivity index (χ1v) is 7.87. The molecule has 0 saturated carbocycles. The van der Waals surface area contributed by atoms with Crippen LogP contribution in [0.2, 0.25) is 0 Å². The number of hydrogen-bond donors (Lipinski definition) is 0. The minimum atomic E-state index is 0.505. The number of rotatable bonds is 4. The van der Waals surface area contributed by atoms with Crippen molar-refractivity contribution in [3.8, 4) is 17.0 Å². The summed E-state index contributed by atoms with van der Waals surface area (Å²) in [5.74, 6) is 0.868. The third-order valence-electron chi connectivity index (χ3n) is 2.80. The molecule has 0 aliphatic heterocycles. The highest BCUT2D eigenvalue weighted by atomic mass is 79.9. The van der Waals surface area contributed by atoms with Crippen molar-refractivity contribution < 1.29 is 4.74 Å². The third kappa shape index (κ3) is 3.26. The molecule has 2 aromatic carbocycles. The van der Waals surface area contributed by atoms with E-state index in [0.717, 1.165) is 26.5 Å². The van der Waals surface area contributed by atoms with Gasteiger partial charge in [0.05, 0.1) is 5.69 Å². The standard InChI is InChI=1S/C16H12BrNOS/c17-13-8-6-12(7-9-13)15-11-20-16(18-15)10-19-14-4-2-1-3-5-14/h1-9,11H,10H2. The van der Waals surface area contributed by atoms with Crippen molar-refractivity contribution >= 4 is 27.3 Å². The highest BCUT2D eigenvalue weighted by Gasteiger charge is 2.05. The first kappa shape index (κ1) is 13.3. The molecule has 1 aromatic heterocycles. The number of halogens is 1. The van der Waals surface area contributed by atoms with Crippen molar-refractivity contribution in [3.63, 3.8) is 0 Å². The van der Waals surface area contributed by atoms with Gasteiger partial charge >= 0.3 is 0 Å². The lowest BCUT2D eigenvalue weighted by Gasteiger charge is -2.02. The van der Waals surface area contributed by atoms with Crippen molar-refractivity contribution in [1.29, 1.82) is 0 Å². The van der Waals surface area contributed by atoms with Gasteiger partial charge in [0, 0.05) is 15.4 Å². The van der Waals surface area contributed by atoms with Gasteiger partial charge in [-0.1, -0.05) is 46.3 Å². The van der Waals surface area contributed by atoms with E-state index in [1.807, 2.05) is 42.5 Å². The predicted octanol–water partition coefficient (Wildman–Crippen LogP) is 5.15. The predicted molar refractivity (Wildman–Crippen MR) is 86.0 cm³/mol. The van der Waals surface area contributed by atoms with E-state index in [2.05, 4.69) is 38.4 Å². The zero-order chi connectivity index (χ0) is 13.8. The van der Waals surface area contributed by atoms with Crippen molar-refractivity contribution in [1.82, 2.24) is 4.98 Å². The van der Waals surface area contributed by atoms with Gasteiger partial charge in [-0.15, -0.1) is 11.3 Å². The molecule has 0 atom stereocenters. The highest BCUT2D eigenvalue weighted by molar-refractivity contribution is 9.10. The maximum atomic E-state index is 5.70. The molecule has 4 heteroatoms. The normalized spacial score (nSPS) is 10.4. The van der Waals surface area contributed by atoms with E-state index >= 15 is 0 Å². The van der Waals surface area contributed by atoms with Crippen LogP contribution in [0.1, 0.15) is 5.01 Å². The molecule has 3 aromatic rings.